The van der Waals surface area contributed by atoms with Gasteiger partial charge in [0.25, 0.3) is 0 Å². The molecule has 1 heterocycles. The van der Waals surface area contributed by atoms with E-state index in [4.69, 9.17) is 0 Å². The molecule has 1 aromatic heterocycles. The number of H-pyrrole nitrogens is 1. The van der Waals surface area contributed by atoms with Crippen molar-refractivity contribution < 1.29 is 0 Å². The first kappa shape index (κ1) is 14.5. The average Bonchev–Trinajstić information content (AvgIpc) is 2.25. The van der Waals surface area contributed by atoms with Crippen LogP contribution in [0.2, 0.25) is 0 Å². The van der Waals surface area contributed by atoms with Gasteiger partial charge in [-0.15, -0.1) is 0 Å². The fourth-order valence-electron chi connectivity index (χ4n) is 1.19. The first-order valence-electron chi connectivity index (χ1n) is 5.31. The highest BCUT2D eigenvalue weighted by atomic mass is 79.9. The Balaban J connectivity index is 2.79. The Morgan fingerprint density at radius 3 is 2.65 bits per heavy atom. The van der Waals surface area contributed by atoms with E-state index in [9.17, 15) is 9.59 Å². The molecule has 1 atom stereocenters. The number of nitrogens with one attached hydrogen (secondary N) is 1. The zero-order valence-electron chi connectivity index (χ0n) is 10.1. The van der Waals surface area contributed by atoms with Gasteiger partial charge in [-0.1, -0.05) is 41.5 Å². The second-order valence-electron chi connectivity index (χ2n) is 4.17. The van der Waals surface area contributed by atoms with Gasteiger partial charge in [-0.05, 0) is 11.8 Å². The Morgan fingerprint density at radius 1 is 1.47 bits per heavy atom. The molecular formula is C10H16BrN3O2S. The van der Waals surface area contributed by atoms with Crippen molar-refractivity contribution in [3.05, 3.63) is 20.7 Å². The molecule has 0 spiro atoms. The zero-order valence-corrected chi connectivity index (χ0v) is 12.5. The maximum Gasteiger partial charge on any atom is 0.339 e. The summed E-state index contributed by atoms with van der Waals surface area (Å²) >= 11 is 4.96. The number of nitrogens with zero attached hydrogens (tertiary/aromatic N) is 2. The maximum atomic E-state index is 11.1. The monoisotopic (exact) mass is 321 g/mol. The first-order chi connectivity index (χ1) is 7.95. The Kier molecular flexibility index (Phi) is 5.45. The van der Waals surface area contributed by atoms with Crippen molar-refractivity contribution in [2.75, 3.05) is 11.1 Å². The number of hydrogen-bond acceptors (Lipinski definition) is 4. The molecule has 1 unspecified atom stereocenters. The molecule has 0 amide bonds. The van der Waals surface area contributed by atoms with Crippen LogP contribution >= 0.6 is 27.7 Å². The largest absolute Gasteiger partial charge is 0.339 e. The van der Waals surface area contributed by atoms with E-state index in [-0.39, 0.29) is 0 Å². The summed E-state index contributed by atoms with van der Waals surface area (Å²) in [6, 6.07) is 0. The molecule has 0 aromatic carbocycles. The van der Waals surface area contributed by atoms with Crippen LogP contribution in [0.1, 0.15) is 13.8 Å². The molecule has 0 bridgehead atoms. The molecule has 0 aliphatic heterocycles. The minimum atomic E-state index is -0.731. The number of rotatable bonds is 5. The third-order valence-corrected chi connectivity index (χ3v) is 4.56. The van der Waals surface area contributed by atoms with Crippen LogP contribution in [0, 0.1) is 11.8 Å². The van der Waals surface area contributed by atoms with Gasteiger partial charge in [-0.2, -0.15) is 4.98 Å². The molecule has 17 heavy (non-hydrogen) atoms. The van der Waals surface area contributed by atoms with Crippen LogP contribution < -0.4 is 11.1 Å². The zero-order chi connectivity index (χ0) is 13.0. The molecule has 0 saturated carbocycles. The summed E-state index contributed by atoms with van der Waals surface area (Å²) < 4.78 is 1.49. The van der Waals surface area contributed by atoms with E-state index in [2.05, 4.69) is 39.9 Å². The summed E-state index contributed by atoms with van der Waals surface area (Å²) in [5, 5.41) is 3.89. The van der Waals surface area contributed by atoms with Crippen molar-refractivity contribution in [1.29, 1.82) is 0 Å². The van der Waals surface area contributed by atoms with E-state index in [1.54, 1.807) is 7.05 Å². The summed E-state index contributed by atoms with van der Waals surface area (Å²) in [6.45, 7) is 4.32. The van der Waals surface area contributed by atoms with E-state index in [1.165, 1.54) is 16.4 Å². The van der Waals surface area contributed by atoms with Crippen LogP contribution in [-0.4, -0.2) is 25.8 Å². The fraction of sp³-hybridized carbons (Fsp3) is 0.700. The predicted molar refractivity (Wildman–Crippen MR) is 72.9 cm³/mol. The van der Waals surface area contributed by atoms with Gasteiger partial charge in [0.05, 0.1) is 0 Å². The molecule has 1 N–H and O–H groups in total. The van der Waals surface area contributed by atoms with E-state index < -0.39 is 11.1 Å². The standard InChI is InChI=1S/C10H16BrN3O2S/c1-6(2)7(4-11)5-17-10-12-8(15)9(16)13-14(10)3/h6-7H,4-5H2,1-3H3,(H,13,16). The third kappa shape index (κ3) is 3.99. The number of aryl methyl sites for hydroxylation is 1. The lowest BCUT2D eigenvalue weighted by Gasteiger charge is -2.17. The molecule has 0 aliphatic carbocycles. The molecule has 0 fully saturated rings. The number of alkyl halides is 1. The van der Waals surface area contributed by atoms with Gasteiger partial charge in [0.15, 0.2) is 5.16 Å². The van der Waals surface area contributed by atoms with Crippen LogP contribution in [-0.2, 0) is 7.05 Å². The summed E-state index contributed by atoms with van der Waals surface area (Å²) in [7, 11) is 1.68. The van der Waals surface area contributed by atoms with Gasteiger partial charge < -0.3 is 0 Å². The lowest BCUT2D eigenvalue weighted by molar-refractivity contribution is 0.473. The molecule has 1 rings (SSSR count). The van der Waals surface area contributed by atoms with Crippen LogP contribution in [0.25, 0.3) is 0 Å². The van der Waals surface area contributed by atoms with Gasteiger partial charge in [-0.25, -0.2) is 0 Å². The molecular weight excluding hydrogens is 306 g/mol. The Morgan fingerprint density at radius 2 is 2.12 bits per heavy atom. The number of aromatic nitrogens is 3. The normalized spacial score (nSPS) is 13.0. The number of aromatic amines is 1. The van der Waals surface area contributed by atoms with Crippen LogP contribution in [0.4, 0.5) is 0 Å². The van der Waals surface area contributed by atoms with Gasteiger partial charge in [0.1, 0.15) is 0 Å². The molecule has 0 aliphatic rings. The van der Waals surface area contributed by atoms with Gasteiger partial charge in [-0.3, -0.25) is 19.4 Å². The molecule has 96 valence electrons. The summed E-state index contributed by atoms with van der Waals surface area (Å²) in [4.78, 5) is 25.9. The lowest BCUT2D eigenvalue weighted by Crippen LogP contribution is -2.34. The van der Waals surface area contributed by atoms with Gasteiger partial charge >= 0.3 is 11.1 Å². The van der Waals surface area contributed by atoms with Gasteiger partial charge in [0, 0.05) is 18.1 Å². The van der Waals surface area contributed by atoms with Crippen molar-refractivity contribution in [2.24, 2.45) is 18.9 Å². The van der Waals surface area contributed by atoms with Crippen molar-refractivity contribution in [1.82, 2.24) is 14.8 Å². The van der Waals surface area contributed by atoms with Crippen LogP contribution in [0.15, 0.2) is 14.7 Å². The van der Waals surface area contributed by atoms with Crippen molar-refractivity contribution in [3.8, 4) is 0 Å². The van der Waals surface area contributed by atoms with Crippen molar-refractivity contribution in [3.63, 3.8) is 0 Å². The summed E-state index contributed by atoms with van der Waals surface area (Å²) in [5.41, 5.74) is -1.41. The molecule has 5 nitrogen and oxygen atoms in total. The third-order valence-electron chi connectivity index (χ3n) is 2.52. The predicted octanol–water partition coefficient (Wildman–Crippen LogP) is 1.23. The Labute approximate surface area is 112 Å². The highest BCUT2D eigenvalue weighted by Gasteiger charge is 2.14. The molecule has 0 radical (unpaired) electrons. The molecule has 7 heteroatoms. The second kappa shape index (κ2) is 6.39. The van der Waals surface area contributed by atoms with Crippen molar-refractivity contribution in [2.45, 2.75) is 19.0 Å². The maximum absolute atomic E-state index is 11.1. The molecule has 0 saturated heterocycles. The minimum absolute atomic E-state index is 0.504. The molecule has 1 aromatic rings. The van der Waals surface area contributed by atoms with E-state index in [1.807, 2.05) is 0 Å². The van der Waals surface area contributed by atoms with E-state index in [0.717, 1.165) is 11.1 Å². The number of halogens is 1. The fourth-order valence-corrected chi connectivity index (χ4v) is 3.72. The van der Waals surface area contributed by atoms with Crippen molar-refractivity contribution >= 4 is 27.7 Å². The lowest BCUT2D eigenvalue weighted by atomic mass is 10.0. The van der Waals surface area contributed by atoms with E-state index >= 15 is 0 Å². The summed E-state index contributed by atoms with van der Waals surface area (Å²) in [5.74, 6) is 1.92. The second-order valence-corrected chi connectivity index (χ2v) is 5.80. The minimum Gasteiger partial charge on any atom is -0.265 e. The SMILES string of the molecule is CC(C)C(CBr)CSc1nc(=O)c(=O)[nH]n1C. The van der Waals surface area contributed by atoms with Crippen LogP contribution in [0.3, 0.4) is 0 Å². The number of hydrogen-bond donors (Lipinski definition) is 1. The Bertz CT molecular complexity index is 483. The summed E-state index contributed by atoms with van der Waals surface area (Å²) in [6.07, 6.45) is 0. The quantitative estimate of drug-likeness (QED) is 0.503. The first-order valence-corrected chi connectivity index (χ1v) is 7.42. The Hall–Kier alpha value is -0.560. The smallest absolute Gasteiger partial charge is 0.265 e. The topological polar surface area (TPSA) is 67.8 Å². The van der Waals surface area contributed by atoms with E-state index in [0.29, 0.717) is 17.0 Å². The average molecular weight is 322 g/mol. The van der Waals surface area contributed by atoms with Gasteiger partial charge in [0.2, 0.25) is 0 Å². The number of thioether (sulfide) groups is 1. The van der Waals surface area contributed by atoms with Crippen LogP contribution in [0.5, 0.6) is 0 Å². The highest BCUT2D eigenvalue weighted by molar-refractivity contribution is 9.09. The highest BCUT2D eigenvalue weighted by Crippen LogP contribution is 2.22.